The van der Waals surface area contributed by atoms with E-state index in [1.165, 1.54) is 6.07 Å². The summed E-state index contributed by atoms with van der Waals surface area (Å²) in [6.45, 7) is 1.56. The van der Waals surface area contributed by atoms with Crippen molar-refractivity contribution in [3.8, 4) is 5.75 Å². The van der Waals surface area contributed by atoms with Crippen LogP contribution in [0.4, 0.5) is 18.9 Å². The van der Waals surface area contributed by atoms with E-state index in [0.717, 1.165) is 17.7 Å². The van der Waals surface area contributed by atoms with Crippen LogP contribution in [0.15, 0.2) is 57.7 Å². The lowest BCUT2D eigenvalue weighted by atomic mass is 10.1. The lowest BCUT2D eigenvalue weighted by molar-refractivity contribution is -0.136. The summed E-state index contributed by atoms with van der Waals surface area (Å²) in [7, 11) is 0. The molecule has 8 heteroatoms. The first-order valence-corrected chi connectivity index (χ1v) is 7.87. The normalized spacial score (nSPS) is 11.4. The molecular weight excluding hydrogens is 363 g/mol. The average Bonchev–Trinajstić information content (AvgIpc) is 2.60. The Morgan fingerprint density at radius 2 is 1.81 bits per heavy atom. The maximum Gasteiger partial charge on any atom is 0.417 e. The molecule has 0 atom stereocenters. The fourth-order valence-corrected chi connectivity index (χ4v) is 2.45. The van der Waals surface area contributed by atoms with Crippen molar-refractivity contribution < 1.29 is 27.1 Å². The first-order valence-electron chi connectivity index (χ1n) is 7.87. The third kappa shape index (κ3) is 4.46. The molecule has 0 fully saturated rings. The molecule has 0 radical (unpaired) electrons. The maximum absolute atomic E-state index is 13.0. The fourth-order valence-electron chi connectivity index (χ4n) is 2.45. The summed E-state index contributed by atoms with van der Waals surface area (Å²) in [6.07, 6.45) is -4.69. The van der Waals surface area contributed by atoms with Gasteiger partial charge in [-0.1, -0.05) is 17.7 Å². The zero-order chi connectivity index (χ0) is 19.6. The molecule has 0 aliphatic rings. The topological polar surface area (TPSA) is 68.5 Å². The third-order valence-electron chi connectivity index (χ3n) is 3.73. The second-order valence-electron chi connectivity index (χ2n) is 5.84. The highest BCUT2D eigenvalue weighted by Crippen LogP contribution is 2.34. The van der Waals surface area contributed by atoms with E-state index in [-0.39, 0.29) is 23.3 Å². The number of carbonyl (C=O) groups is 1. The molecule has 0 saturated heterocycles. The van der Waals surface area contributed by atoms with Crippen LogP contribution in [0.3, 0.4) is 0 Å². The first kappa shape index (κ1) is 18.5. The second kappa shape index (κ2) is 7.14. The Labute approximate surface area is 151 Å². The molecule has 0 aliphatic heterocycles. The van der Waals surface area contributed by atoms with Crippen LogP contribution in [0.1, 0.15) is 11.1 Å². The van der Waals surface area contributed by atoms with E-state index in [4.69, 9.17) is 9.15 Å². The van der Waals surface area contributed by atoms with E-state index in [2.05, 4.69) is 5.32 Å². The number of nitrogens with one attached hydrogen (secondary N) is 1. The van der Waals surface area contributed by atoms with Gasteiger partial charge >= 0.3 is 11.8 Å². The number of alkyl halides is 3. The highest BCUT2D eigenvalue weighted by atomic mass is 19.4. The molecule has 0 spiro atoms. The molecule has 1 aromatic heterocycles. The van der Waals surface area contributed by atoms with E-state index < -0.39 is 23.3 Å². The first-order chi connectivity index (χ1) is 12.7. The molecule has 3 rings (SSSR count). The van der Waals surface area contributed by atoms with Gasteiger partial charge in [0.15, 0.2) is 6.61 Å². The van der Waals surface area contributed by atoms with Gasteiger partial charge in [0.1, 0.15) is 11.3 Å². The van der Waals surface area contributed by atoms with Gasteiger partial charge in [-0.15, -0.1) is 0 Å². The van der Waals surface area contributed by atoms with Crippen LogP contribution in [0.2, 0.25) is 0 Å². The molecule has 3 aromatic rings. The minimum Gasteiger partial charge on any atom is -0.484 e. The van der Waals surface area contributed by atoms with E-state index in [1.54, 1.807) is 12.1 Å². The number of rotatable bonds is 4. The van der Waals surface area contributed by atoms with E-state index in [1.807, 2.05) is 19.1 Å². The lowest BCUT2D eigenvalue weighted by Gasteiger charge is -2.11. The summed E-state index contributed by atoms with van der Waals surface area (Å²) in [5.74, 6) is -0.339. The van der Waals surface area contributed by atoms with Crippen molar-refractivity contribution in [2.45, 2.75) is 13.1 Å². The summed E-state index contributed by atoms with van der Waals surface area (Å²) < 4.78 is 49.2. The smallest absolute Gasteiger partial charge is 0.417 e. The number of halogens is 3. The molecule has 0 saturated carbocycles. The van der Waals surface area contributed by atoms with Gasteiger partial charge < -0.3 is 14.5 Å². The Balaban J connectivity index is 1.75. The molecule has 1 amide bonds. The predicted octanol–water partition coefficient (Wildman–Crippen LogP) is 4.14. The summed E-state index contributed by atoms with van der Waals surface area (Å²) >= 11 is 0. The molecule has 27 heavy (non-hydrogen) atoms. The lowest BCUT2D eigenvalue weighted by Crippen LogP contribution is -2.20. The number of amides is 1. The summed E-state index contributed by atoms with van der Waals surface area (Å²) in [6, 6.07) is 11.1. The zero-order valence-electron chi connectivity index (χ0n) is 14.1. The van der Waals surface area contributed by atoms with Crippen LogP contribution in [-0.4, -0.2) is 12.5 Å². The van der Waals surface area contributed by atoms with Crippen molar-refractivity contribution in [2.75, 3.05) is 11.9 Å². The molecule has 0 unspecified atom stereocenters. The Morgan fingerprint density at radius 3 is 2.48 bits per heavy atom. The largest absolute Gasteiger partial charge is 0.484 e. The van der Waals surface area contributed by atoms with Crippen LogP contribution in [-0.2, 0) is 11.0 Å². The van der Waals surface area contributed by atoms with E-state index in [9.17, 15) is 22.8 Å². The van der Waals surface area contributed by atoms with Crippen LogP contribution >= 0.6 is 0 Å². The number of benzene rings is 2. The van der Waals surface area contributed by atoms with E-state index in [0.29, 0.717) is 11.8 Å². The molecule has 0 bridgehead atoms. The van der Waals surface area contributed by atoms with Crippen LogP contribution in [0.5, 0.6) is 5.75 Å². The van der Waals surface area contributed by atoms with Crippen LogP contribution in [0.25, 0.3) is 11.0 Å². The van der Waals surface area contributed by atoms with Gasteiger partial charge in [-0.25, -0.2) is 4.79 Å². The van der Waals surface area contributed by atoms with Crippen molar-refractivity contribution in [3.63, 3.8) is 0 Å². The van der Waals surface area contributed by atoms with Crippen molar-refractivity contribution in [1.29, 1.82) is 0 Å². The van der Waals surface area contributed by atoms with Crippen molar-refractivity contribution in [1.82, 2.24) is 0 Å². The van der Waals surface area contributed by atoms with Gasteiger partial charge in [0.05, 0.1) is 5.56 Å². The summed E-state index contributed by atoms with van der Waals surface area (Å²) in [4.78, 5) is 23.3. The summed E-state index contributed by atoms with van der Waals surface area (Å²) in [5.41, 5.74) is -0.846. The standard InChI is InChI=1S/C19H14F3NO4/c1-11-2-4-12(5-3-11)23-17(24)10-26-13-6-7-14-15(19(20,21)22)9-18(25)27-16(14)8-13/h2-9H,10H2,1H3,(H,23,24). The fraction of sp³-hybridized carbons (Fsp3) is 0.158. The molecule has 0 aliphatic carbocycles. The molecule has 1 N–H and O–H groups in total. The number of hydrogen-bond acceptors (Lipinski definition) is 4. The van der Waals surface area contributed by atoms with Crippen molar-refractivity contribution >= 4 is 22.6 Å². The number of aryl methyl sites for hydroxylation is 1. The van der Waals surface area contributed by atoms with Gasteiger partial charge in [-0.2, -0.15) is 13.2 Å². The second-order valence-corrected chi connectivity index (χ2v) is 5.84. The maximum atomic E-state index is 13.0. The minimum absolute atomic E-state index is 0.101. The molecule has 140 valence electrons. The van der Waals surface area contributed by atoms with Gasteiger partial charge in [-0.05, 0) is 31.2 Å². The summed E-state index contributed by atoms with van der Waals surface area (Å²) in [5, 5.41) is 2.36. The number of fused-ring (bicyclic) bond motifs is 1. The minimum atomic E-state index is -4.69. The van der Waals surface area contributed by atoms with Crippen molar-refractivity contribution in [3.05, 3.63) is 70.1 Å². The number of hydrogen-bond donors (Lipinski definition) is 1. The van der Waals surface area contributed by atoms with Crippen molar-refractivity contribution in [2.24, 2.45) is 0 Å². The quantitative estimate of drug-likeness (QED) is 0.694. The Bertz CT molecular complexity index is 1040. The van der Waals surface area contributed by atoms with E-state index >= 15 is 0 Å². The number of carbonyl (C=O) groups excluding carboxylic acids is 1. The molecule has 1 heterocycles. The van der Waals surface area contributed by atoms with Gasteiger partial charge in [0, 0.05) is 23.2 Å². The van der Waals surface area contributed by atoms with Crippen LogP contribution < -0.4 is 15.7 Å². The Morgan fingerprint density at radius 1 is 1.11 bits per heavy atom. The van der Waals surface area contributed by atoms with Gasteiger partial charge in [-0.3, -0.25) is 4.79 Å². The Hall–Kier alpha value is -3.29. The van der Waals surface area contributed by atoms with Gasteiger partial charge in [0.2, 0.25) is 0 Å². The van der Waals surface area contributed by atoms with Gasteiger partial charge in [0.25, 0.3) is 5.91 Å². The number of anilines is 1. The third-order valence-corrected chi connectivity index (χ3v) is 3.73. The average molecular weight is 377 g/mol. The molecule has 5 nitrogen and oxygen atoms in total. The molecular formula is C19H14F3NO4. The zero-order valence-corrected chi connectivity index (χ0v) is 14.1. The Kier molecular flexibility index (Phi) is 4.89. The monoisotopic (exact) mass is 377 g/mol. The highest BCUT2D eigenvalue weighted by molar-refractivity contribution is 5.92. The SMILES string of the molecule is Cc1ccc(NC(=O)COc2ccc3c(C(F)(F)F)cc(=O)oc3c2)cc1. The number of ether oxygens (including phenoxy) is 1. The highest BCUT2D eigenvalue weighted by Gasteiger charge is 2.33. The molecule has 2 aromatic carbocycles. The predicted molar refractivity (Wildman–Crippen MR) is 92.8 cm³/mol. The van der Waals surface area contributed by atoms with Crippen LogP contribution in [0, 0.1) is 6.92 Å².